The molecule has 2 atom stereocenters. The zero-order valence-electron chi connectivity index (χ0n) is 16.0. The topological polar surface area (TPSA) is 103 Å². The number of hydrogen-bond acceptors (Lipinski definition) is 5. The number of aromatic nitrogens is 3. The van der Waals surface area contributed by atoms with Gasteiger partial charge in [0.15, 0.2) is 5.65 Å². The van der Waals surface area contributed by atoms with Gasteiger partial charge in [0.2, 0.25) is 5.91 Å². The van der Waals surface area contributed by atoms with Gasteiger partial charge < -0.3 is 20.5 Å². The van der Waals surface area contributed by atoms with Crippen molar-refractivity contribution >= 4 is 28.8 Å². The van der Waals surface area contributed by atoms with Crippen molar-refractivity contribution in [3.8, 4) is 0 Å². The van der Waals surface area contributed by atoms with E-state index < -0.39 is 24.0 Å². The molecule has 160 valence electrons. The van der Waals surface area contributed by atoms with E-state index in [9.17, 15) is 22.8 Å². The van der Waals surface area contributed by atoms with Crippen LogP contribution < -0.4 is 10.6 Å². The quantitative estimate of drug-likeness (QED) is 0.642. The van der Waals surface area contributed by atoms with Crippen molar-refractivity contribution in [2.75, 3.05) is 18.4 Å². The van der Waals surface area contributed by atoms with Gasteiger partial charge in [0.05, 0.1) is 17.7 Å². The molecule has 4 rings (SSSR count). The van der Waals surface area contributed by atoms with E-state index in [1.807, 2.05) is 0 Å². The van der Waals surface area contributed by atoms with Crippen LogP contribution in [0.4, 0.5) is 19.0 Å². The maximum atomic E-state index is 12.7. The number of aromatic amines is 1. The molecule has 2 amide bonds. The predicted octanol–water partition coefficient (Wildman–Crippen LogP) is 2.23. The minimum Gasteiger partial charge on any atom is -0.366 e. The van der Waals surface area contributed by atoms with Crippen LogP contribution in [-0.4, -0.2) is 63.0 Å². The van der Waals surface area contributed by atoms with E-state index in [0.29, 0.717) is 30.1 Å². The lowest BCUT2D eigenvalue weighted by Crippen LogP contribution is -2.41. The Morgan fingerprint density at radius 2 is 2.03 bits per heavy atom. The number of alkyl halides is 3. The minimum absolute atomic E-state index is 0.0841. The molecule has 0 aromatic carbocycles. The van der Waals surface area contributed by atoms with Gasteiger partial charge in [-0.2, -0.15) is 13.2 Å². The Morgan fingerprint density at radius 3 is 2.67 bits per heavy atom. The molecule has 2 aromatic rings. The van der Waals surface area contributed by atoms with Crippen LogP contribution in [0.2, 0.25) is 0 Å². The standard InChI is InChI=1S/C19H21F3N6O2/c1-2-15(29)28-5-3-10(4-6-28)25-14-9-24-17-16(27-14)11(8-23-17)18(30)26-13-7-12(13)19(20,21)22/h2,8-10,12-13H,1,3-7H2,(H,23,24)(H,25,27)(H,26,30)/t12?,13-/m1/s1. The second-order valence-corrected chi connectivity index (χ2v) is 7.57. The first-order valence-electron chi connectivity index (χ1n) is 9.66. The average Bonchev–Trinajstić information content (AvgIpc) is 3.37. The normalized spacial score (nSPS) is 22.0. The molecule has 3 heterocycles. The van der Waals surface area contributed by atoms with Crippen molar-refractivity contribution < 1.29 is 22.8 Å². The number of halogens is 3. The van der Waals surface area contributed by atoms with E-state index in [4.69, 9.17) is 0 Å². The molecule has 2 fully saturated rings. The van der Waals surface area contributed by atoms with E-state index in [1.54, 1.807) is 4.90 Å². The molecule has 2 aliphatic rings. The Balaban J connectivity index is 1.41. The molecule has 0 bridgehead atoms. The van der Waals surface area contributed by atoms with Gasteiger partial charge in [0, 0.05) is 31.4 Å². The summed E-state index contributed by atoms with van der Waals surface area (Å²) in [7, 11) is 0. The lowest BCUT2D eigenvalue weighted by Gasteiger charge is -2.31. The first-order valence-corrected chi connectivity index (χ1v) is 9.66. The summed E-state index contributed by atoms with van der Waals surface area (Å²) >= 11 is 0. The SMILES string of the molecule is C=CC(=O)N1CCC(Nc2cnc3[nH]cc(C(=O)N[C@@H]4CC4C(F)(F)F)c3n2)CC1. The lowest BCUT2D eigenvalue weighted by molar-refractivity contribution is -0.148. The van der Waals surface area contributed by atoms with Crippen LogP contribution in [0.25, 0.3) is 11.2 Å². The number of carbonyl (C=O) groups excluding carboxylic acids is 2. The van der Waals surface area contributed by atoms with Crippen LogP contribution in [0.15, 0.2) is 25.0 Å². The van der Waals surface area contributed by atoms with E-state index in [0.717, 1.165) is 12.8 Å². The molecule has 2 aromatic heterocycles. The number of hydrogen-bond donors (Lipinski definition) is 3. The molecule has 11 heteroatoms. The second kappa shape index (κ2) is 7.62. The van der Waals surface area contributed by atoms with E-state index in [-0.39, 0.29) is 23.9 Å². The molecule has 1 saturated carbocycles. The fourth-order valence-corrected chi connectivity index (χ4v) is 3.68. The van der Waals surface area contributed by atoms with Gasteiger partial charge >= 0.3 is 6.18 Å². The Kier molecular flexibility index (Phi) is 5.12. The number of piperidine rings is 1. The molecule has 1 saturated heterocycles. The molecule has 1 aliphatic heterocycles. The molecule has 1 aliphatic carbocycles. The molecular weight excluding hydrogens is 401 g/mol. The highest BCUT2D eigenvalue weighted by molar-refractivity contribution is 6.04. The summed E-state index contributed by atoms with van der Waals surface area (Å²) in [6, 6.07) is -0.819. The van der Waals surface area contributed by atoms with Crippen molar-refractivity contribution in [2.45, 2.75) is 37.5 Å². The number of nitrogens with zero attached hydrogens (tertiary/aromatic N) is 3. The van der Waals surface area contributed by atoms with E-state index >= 15 is 0 Å². The largest absolute Gasteiger partial charge is 0.393 e. The summed E-state index contributed by atoms with van der Waals surface area (Å²) in [6.45, 7) is 4.68. The van der Waals surface area contributed by atoms with Crippen molar-refractivity contribution in [1.82, 2.24) is 25.2 Å². The Labute approximate surface area is 169 Å². The van der Waals surface area contributed by atoms with E-state index in [2.05, 4.69) is 32.2 Å². The van der Waals surface area contributed by atoms with Crippen LogP contribution in [0, 0.1) is 5.92 Å². The Morgan fingerprint density at radius 1 is 1.30 bits per heavy atom. The molecule has 1 unspecified atom stereocenters. The lowest BCUT2D eigenvalue weighted by atomic mass is 10.1. The summed E-state index contributed by atoms with van der Waals surface area (Å²) in [5, 5.41) is 5.67. The maximum absolute atomic E-state index is 12.7. The monoisotopic (exact) mass is 422 g/mol. The third-order valence-corrected chi connectivity index (χ3v) is 5.49. The summed E-state index contributed by atoms with van der Waals surface area (Å²) in [4.78, 5) is 37.3. The number of rotatable bonds is 5. The number of likely N-dealkylation sites (tertiary alicyclic amines) is 1. The molecule has 0 radical (unpaired) electrons. The summed E-state index contributed by atoms with van der Waals surface area (Å²) in [5.41, 5.74) is 0.821. The van der Waals surface area contributed by atoms with Gasteiger partial charge in [-0.15, -0.1) is 0 Å². The fourth-order valence-electron chi connectivity index (χ4n) is 3.68. The zero-order valence-corrected chi connectivity index (χ0v) is 16.0. The number of anilines is 1. The highest BCUT2D eigenvalue weighted by Crippen LogP contribution is 2.44. The van der Waals surface area contributed by atoms with Gasteiger partial charge in [-0.3, -0.25) is 9.59 Å². The summed E-state index contributed by atoms with van der Waals surface area (Å²) in [6.07, 6.45) is 1.26. The average molecular weight is 422 g/mol. The third kappa shape index (κ3) is 4.10. The van der Waals surface area contributed by atoms with Crippen molar-refractivity contribution in [1.29, 1.82) is 0 Å². The fraction of sp³-hybridized carbons (Fsp3) is 0.474. The summed E-state index contributed by atoms with van der Waals surface area (Å²) in [5.74, 6) is -1.74. The first-order chi connectivity index (χ1) is 14.3. The molecular formula is C19H21F3N6O2. The van der Waals surface area contributed by atoms with Crippen molar-refractivity contribution in [2.24, 2.45) is 5.92 Å². The predicted molar refractivity (Wildman–Crippen MR) is 103 cm³/mol. The number of nitrogens with one attached hydrogen (secondary N) is 3. The minimum atomic E-state index is -4.30. The number of fused-ring (bicyclic) bond motifs is 1. The smallest absolute Gasteiger partial charge is 0.366 e. The number of amides is 2. The maximum Gasteiger partial charge on any atom is 0.393 e. The molecule has 8 nitrogen and oxygen atoms in total. The first kappa shape index (κ1) is 20.2. The van der Waals surface area contributed by atoms with Gasteiger partial charge in [-0.05, 0) is 25.3 Å². The van der Waals surface area contributed by atoms with E-state index in [1.165, 1.54) is 18.5 Å². The second-order valence-electron chi connectivity index (χ2n) is 7.57. The van der Waals surface area contributed by atoms with Gasteiger partial charge in [0.25, 0.3) is 5.91 Å². The molecule has 0 spiro atoms. The van der Waals surface area contributed by atoms with Crippen LogP contribution in [0.5, 0.6) is 0 Å². The Bertz CT molecular complexity index is 980. The van der Waals surface area contributed by atoms with Crippen LogP contribution in [0.3, 0.4) is 0 Å². The van der Waals surface area contributed by atoms with Gasteiger partial charge in [-0.1, -0.05) is 6.58 Å². The highest BCUT2D eigenvalue weighted by atomic mass is 19.4. The Hall–Kier alpha value is -3.11. The van der Waals surface area contributed by atoms with Crippen molar-refractivity contribution in [3.05, 3.63) is 30.6 Å². The number of carbonyl (C=O) groups is 2. The van der Waals surface area contributed by atoms with Crippen LogP contribution in [-0.2, 0) is 4.79 Å². The van der Waals surface area contributed by atoms with Crippen molar-refractivity contribution in [3.63, 3.8) is 0 Å². The highest BCUT2D eigenvalue weighted by Gasteiger charge is 2.56. The summed E-state index contributed by atoms with van der Waals surface area (Å²) < 4.78 is 38.1. The number of H-pyrrole nitrogens is 1. The van der Waals surface area contributed by atoms with Gasteiger partial charge in [-0.25, -0.2) is 9.97 Å². The zero-order chi connectivity index (χ0) is 21.5. The van der Waals surface area contributed by atoms with Crippen LogP contribution in [0.1, 0.15) is 29.6 Å². The van der Waals surface area contributed by atoms with Gasteiger partial charge in [0.1, 0.15) is 11.3 Å². The van der Waals surface area contributed by atoms with Crippen LogP contribution >= 0.6 is 0 Å². The third-order valence-electron chi connectivity index (χ3n) is 5.49. The molecule has 30 heavy (non-hydrogen) atoms. The molecule has 3 N–H and O–H groups in total.